The molecule has 1 rings (SSSR count). The topological polar surface area (TPSA) is 73.8 Å². The van der Waals surface area contributed by atoms with Gasteiger partial charge < -0.3 is 10.6 Å². The van der Waals surface area contributed by atoms with E-state index in [-0.39, 0.29) is 24.0 Å². The van der Waals surface area contributed by atoms with Gasteiger partial charge in [-0.2, -0.15) is 0 Å². The van der Waals surface area contributed by atoms with Crippen molar-refractivity contribution in [1.29, 1.82) is 0 Å². The van der Waals surface area contributed by atoms with Gasteiger partial charge in [0.25, 0.3) is 0 Å². The molecule has 6 nitrogen and oxygen atoms in total. The third-order valence-electron chi connectivity index (χ3n) is 3.54. The fraction of sp³-hybridized carbons (Fsp3) is 0.562. The van der Waals surface area contributed by atoms with Crippen molar-refractivity contribution in [2.45, 2.75) is 19.8 Å². The van der Waals surface area contributed by atoms with Gasteiger partial charge in [-0.3, -0.25) is 4.99 Å². The maximum absolute atomic E-state index is 11.5. The number of guanidine groups is 1. The molecular weight excluding hydrogens is 475 g/mol. The lowest BCUT2D eigenvalue weighted by molar-refractivity contribution is 0.424. The van der Waals surface area contributed by atoms with Crippen LogP contribution >= 0.6 is 35.6 Å². The van der Waals surface area contributed by atoms with Crippen molar-refractivity contribution in [2.24, 2.45) is 4.99 Å². The molecule has 0 heterocycles. The highest BCUT2D eigenvalue weighted by atomic mass is 127. The van der Waals surface area contributed by atoms with E-state index in [1.165, 1.54) is 16.1 Å². The minimum atomic E-state index is -3.12. The van der Waals surface area contributed by atoms with Crippen molar-refractivity contribution in [2.75, 3.05) is 39.5 Å². The van der Waals surface area contributed by atoms with Crippen molar-refractivity contribution in [3.8, 4) is 0 Å². The zero-order chi connectivity index (χ0) is 18.0. The average molecular weight is 503 g/mol. The Morgan fingerprint density at radius 2 is 1.80 bits per heavy atom. The van der Waals surface area contributed by atoms with E-state index in [9.17, 15) is 8.42 Å². The molecule has 0 saturated heterocycles. The minimum Gasteiger partial charge on any atom is -0.356 e. The number of hydrogen-bond acceptors (Lipinski definition) is 3. The van der Waals surface area contributed by atoms with Crippen LogP contribution in [-0.2, 0) is 16.4 Å². The van der Waals surface area contributed by atoms with Crippen LogP contribution in [0.2, 0.25) is 5.02 Å². The van der Waals surface area contributed by atoms with E-state index in [0.29, 0.717) is 25.6 Å². The Bertz CT molecular complexity index is 624. The number of nitrogens with one attached hydrogen (secondary N) is 2. The third kappa shape index (κ3) is 10.2. The first-order valence-corrected chi connectivity index (χ1v) is 10.2. The summed E-state index contributed by atoms with van der Waals surface area (Å²) in [5.41, 5.74) is 1.20. The van der Waals surface area contributed by atoms with Gasteiger partial charge in [-0.1, -0.05) is 30.7 Å². The molecule has 0 radical (unpaired) electrons. The molecule has 2 N–H and O–H groups in total. The van der Waals surface area contributed by atoms with Crippen molar-refractivity contribution in [1.82, 2.24) is 14.9 Å². The number of hydrogen-bond donors (Lipinski definition) is 2. The molecule has 0 fully saturated rings. The van der Waals surface area contributed by atoms with Crippen LogP contribution in [-0.4, -0.2) is 58.2 Å². The highest BCUT2D eigenvalue weighted by Crippen LogP contribution is 2.09. The van der Waals surface area contributed by atoms with Crippen LogP contribution in [0.5, 0.6) is 0 Å². The molecule has 144 valence electrons. The summed E-state index contributed by atoms with van der Waals surface area (Å²) in [6, 6.07) is 7.77. The van der Waals surface area contributed by atoms with Gasteiger partial charge in [0.05, 0.1) is 6.26 Å². The van der Waals surface area contributed by atoms with Crippen molar-refractivity contribution in [3.63, 3.8) is 0 Å². The second kappa shape index (κ2) is 12.7. The van der Waals surface area contributed by atoms with E-state index < -0.39 is 10.0 Å². The zero-order valence-corrected chi connectivity index (χ0v) is 18.9. The quantitative estimate of drug-likeness (QED) is 0.235. The Balaban J connectivity index is 0.00000576. The van der Waals surface area contributed by atoms with Crippen LogP contribution in [0.1, 0.15) is 18.9 Å². The SMILES string of the molecule is CCN(CCCNC(=NC)NCCc1ccc(Cl)cc1)S(C)(=O)=O.I. The second-order valence-electron chi connectivity index (χ2n) is 5.41. The summed E-state index contributed by atoms with van der Waals surface area (Å²) in [5.74, 6) is 0.714. The highest BCUT2D eigenvalue weighted by molar-refractivity contribution is 14.0. The van der Waals surface area contributed by atoms with Gasteiger partial charge in [0.15, 0.2) is 5.96 Å². The lowest BCUT2D eigenvalue weighted by Gasteiger charge is -2.18. The molecule has 0 amide bonds. The van der Waals surface area contributed by atoms with Crippen molar-refractivity contribution < 1.29 is 8.42 Å². The molecule has 0 bridgehead atoms. The largest absolute Gasteiger partial charge is 0.356 e. The van der Waals surface area contributed by atoms with E-state index in [4.69, 9.17) is 11.6 Å². The van der Waals surface area contributed by atoms with Gasteiger partial charge in [0.2, 0.25) is 10.0 Å². The first kappa shape index (κ1) is 24.4. The molecule has 0 atom stereocenters. The van der Waals surface area contributed by atoms with Gasteiger partial charge in [-0.05, 0) is 30.5 Å². The normalized spacial score (nSPS) is 12.0. The lowest BCUT2D eigenvalue weighted by Crippen LogP contribution is -2.40. The summed E-state index contributed by atoms with van der Waals surface area (Å²) in [6.07, 6.45) is 2.83. The Hall–Kier alpha value is -0.580. The van der Waals surface area contributed by atoms with E-state index in [1.807, 2.05) is 31.2 Å². The predicted molar refractivity (Wildman–Crippen MR) is 117 cm³/mol. The minimum absolute atomic E-state index is 0. The van der Waals surface area contributed by atoms with Gasteiger partial charge in [-0.25, -0.2) is 12.7 Å². The number of rotatable bonds is 9. The van der Waals surface area contributed by atoms with Crippen LogP contribution in [0.25, 0.3) is 0 Å². The Kier molecular flexibility index (Phi) is 12.4. The molecule has 1 aromatic rings. The maximum atomic E-state index is 11.5. The Morgan fingerprint density at radius 3 is 2.32 bits per heavy atom. The zero-order valence-electron chi connectivity index (χ0n) is 15.0. The number of halogens is 2. The van der Waals surface area contributed by atoms with Crippen LogP contribution in [0.3, 0.4) is 0 Å². The molecule has 0 aliphatic rings. The molecule has 0 aromatic heterocycles. The molecular formula is C16H28ClIN4O2S. The van der Waals surface area contributed by atoms with Crippen molar-refractivity contribution >= 4 is 51.6 Å². The summed E-state index contributed by atoms with van der Waals surface area (Å²) in [4.78, 5) is 4.16. The number of aliphatic imine (C=N–C) groups is 1. The first-order valence-electron chi connectivity index (χ1n) is 8.01. The molecule has 0 spiro atoms. The predicted octanol–water partition coefficient (Wildman–Crippen LogP) is 2.34. The molecule has 0 aliphatic heterocycles. The maximum Gasteiger partial charge on any atom is 0.211 e. The molecule has 0 unspecified atom stereocenters. The Morgan fingerprint density at radius 1 is 1.20 bits per heavy atom. The van der Waals surface area contributed by atoms with Crippen LogP contribution in [0.4, 0.5) is 0 Å². The molecule has 1 aromatic carbocycles. The fourth-order valence-corrected chi connectivity index (χ4v) is 3.27. The summed E-state index contributed by atoms with van der Waals surface area (Å²) in [7, 11) is -1.40. The van der Waals surface area contributed by atoms with E-state index in [1.54, 1.807) is 7.05 Å². The summed E-state index contributed by atoms with van der Waals surface area (Å²) >= 11 is 5.86. The highest BCUT2D eigenvalue weighted by Gasteiger charge is 2.13. The van der Waals surface area contributed by atoms with Gasteiger partial charge in [0, 0.05) is 38.2 Å². The second-order valence-corrected chi connectivity index (χ2v) is 7.83. The number of nitrogens with zero attached hydrogens (tertiary/aromatic N) is 2. The summed E-state index contributed by atoms with van der Waals surface area (Å²) in [5, 5.41) is 7.17. The average Bonchev–Trinajstić information content (AvgIpc) is 2.53. The Labute approximate surface area is 173 Å². The van der Waals surface area contributed by atoms with Gasteiger partial charge in [-0.15, -0.1) is 24.0 Å². The molecule has 25 heavy (non-hydrogen) atoms. The van der Waals surface area contributed by atoms with Crippen molar-refractivity contribution in [3.05, 3.63) is 34.9 Å². The number of benzene rings is 1. The molecule has 0 saturated carbocycles. The summed E-state index contributed by atoms with van der Waals surface area (Å²) in [6.45, 7) is 4.25. The first-order chi connectivity index (χ1) is 11.4. The standard InChI is InChI=1S/C16H27ClN4O2S.HI/c1-4-21(24(3,22)23)13-5-11-19-16(18-2)20-12-10-14-6-8-15(17)9-7-14;/h6-9H,4-5,10-13H2,1-3H3,(H2,18,19,20);1H. The van der Waals surface area contributed by atoms with Crippen LogP contribution in [0, 0.1) is 0 Å². The van der Waals surface area contributed by atoms with Gasteiger partial charge >= 0.3 is 0 Å². The number of sulfonamides is 1. The molecule has 0 aliphatic carbocycles. The summed E-state index contributed by atoms with van der Waals surface area (Å²) < 4.78 is 24.5. The van der Waals surface area contributed by atoms with E-state index in [0.717, 1.165) is 24.4 Å². The smallest absolute Gasteiger partial charge is 0.211 e. The monoisotopic (exact) mass is 502 g/mol. The van der Waals surface area contributed by atoms with Gasteiger partial charge in [0.1, 0.15) is 0 Å². The van der Waals surface area contributed by atoms with Crippen LogP contribution in [0.15, 0.2) is 29.3 Å². The van der Waals surface area contributed by atoms with Crippen LogP contribution < -0.4 is 10.6 Å². The third-order valence-corrected chi connectivity index (χ3v) is 5.17. The van der Waals surface area contributed by atoms with E-state index >= 15 is 0 Å². The fourth-order valence-electron chi connectivity index (χ4n) is 2.22. The lowest BCUT2D eigenvalue weighted by atomic mass is 10.1. The molecule has 9 heteroatoms. The van der Waals surface area contributed by atoms with E-state index in [2.05, 4.69) is 15.6 Å².